The van der Waals surface area contributed by atoms with E-state index in [9.17, 15) is 8.42 Å². The largest absolute Gasteiger partial charge is 0.364 e. The molecule has 0 aliphatic rings. The summed E-state index contributed by atoms with van der Waals surface area (Å²) in [6.07, 6.45) is 3.22. The molecule has 0 radical (unpaired) electrons. The van der Waals surface area contributed by atoms with E-state index in [-0.39, 0.29) is 22.9 Å². The van der Waals surface area contributed by atoms with Crippen molar-refractivity contribution in [2.75, 3.05) is 12.8 Å². The van der Waals surface area contributed by atoms with Crippen LogP contribution in [0.15, 0.2) is 58.5 Å². The van der Waals surface area contributed by atoms with Crippen LogP contribution in [0.3, 0.4) is 0 Å². The van der Waals surface area contributed by atoms with Crippen LogP contribution in [0.1, 0.15) is 43.8 Å². The van der Waals surface area contributed by atoms with Gasteiger partial charge in [0.15, 0.2) is 0 Å². The minimum absolute atomic E-state index is 0.0181. The minimum Gasteiger partial charge on any atom is -0.364 e. The number of hydrogen-bond donors (Lipinski definition) is 0. The van der Waals surface area contributed by atoms with Crippen molar-refractivity contribution in [3.05, 3.63) is 65.8 Å². The Morgan fingerprint density at radius 1 is 1.14 bits per heavy atom. The Balaban J connectivity index is 1.94. The van der Waals surface area contributed by atoms with Gasteiger partial charge in [-0.05, 0) is 25.5 Å². The molecule has 0 bridgehead atoms. The summed E-state index contributed by atoms with van der Waals surface area (Å²) >= 11 is 0. The highest BCUT2D eigenvalue weighted by Gasteiger charge is 2.26. The quantitative estimate of drug-likeness (QED) is 0.531. The smallest absolute Gasteiger partial charge is 0.228 e. The Labute approximate surface area is 172 Å². The van der Waals surface area contributed by atoms with Crippen molar-refractivity contribution in [1.82, 2.24) is 19.6 Å². The lowest BCUT2D eigenvalue weighted by Crippen LogP contribution is -2.25. The monoisotopic (exact) mass is 416 g/mol. The molecule has 0 aliphatic heterocycles. The van der Waals surface area contributed by atoms with Crippen LogP contribution in [0.5, 0.6) is 0 Å². The molecule has 29 heavy (non-hydrogen) atoms. The Kier molecular flexibility index (Phi) is 6.54. The first kappa shape index (κ1) is 21.3. The third-order valence-corrected chi connectivity index (χ3v) is 6.86. The molecule has 7 nitrogen and oxygen atoms in total. The van der Waals surface area contributed by atoms with Gasteiger partial charge in [0.05, 0.1) is 30.2 Å². The highest BCUT2D eigenvalue weighted by atomic mass is 32.2. The summed E-state index contributed by atoms with van der Waals surface area (Å²) in [7, 11) is -1.51. The maximum Gasteiger partial charge on any atom is 0.228 e. The number of benzene rings is 1. The topological polar surface area (TPSA) is 81.2 Å². The summed E-state index contributed by atoms with van der Waals surface area (Å²) in [6.45, 7) is 6.82. The number of imidazole rings is 1. The molecule has 3 rings (SSSR count). The minimum atomic E-state index is -3.48. The van der Waals surface area contributed by atoms with Crippen molar-refractivity contribution in [3.63, 3.8) is 0 Å². The van der Waals surface area contributed by atoms with Gasteiger partial charge in [-0.15, -0.1) is 0 Å². The molecule has 0 fully saturated rings. The lowest BCUT2D eigenvalue weighted by atomic mass is 10.2. The Morgan fingerprint density at radius 2 is 1.86 bits per heavy atom. The van der Waals surface area contributed by atoms with Crippen LogP contribution in [-0.2, 0) is 22.9 Å². The summed E-state index contributed by atoms with van der Waals surface area (Å²) in [5, 5.41) is 4.14. The van der Waals surface area contributed by atoms with Crippen LogP contribution in [-0.4, -0.2) is 40.8 Å². The van der Waals surface area contributed by atoms with Gasteiger partial charge >= 0.3 is 0 Å². The molecule has 1 aromatic carbocycles. The van der Waals surface area contributed by atoms with Crippen molar-refractivity contribution < 1.29 is 12.9 Å². The highest BCUT2D eigenvalue weighted by molar-refractivity contribution is 7.91. The first-order valence-corrected chi connectivity index (χ1v) is 11.3. The summed E-state index contributed by atoms with van der Waals surface area (Å²) < 4.78 is 32.7. The van der Waals surface area contributed by atoms with Crippen molar-refractivity contribution in [2.45, 2.75) is 45.1 Å². The van der Waals surface area contributed by atoms with E-state index in [0.717, 1.165) is 17.0 Å². The lowest BCUT2D eigenvalue weighted by Gasteiger charge is -2.23. The molecular formula is C21H28N4O3S. The Hall–Kier alpha value is -2.45. The molecule has 0 unspecified atom stereocenters. The number of hydrogen-bond acceptors (Lipinski definition) is 6. The van der Waals surface area contributed by atoms with Crippen molar-refractivity contribution in [3.8, 4) is 0 Å². The van der Waals surface area contributed by atoms with Crippen LogP contribution in [0, 0.1) is 5.92 Å². The van der Waals surface area contributed by atoms with Gasteiger partial charge in [0.25, 0.3) is 0 Å². The van der Waals surface area contributed by atoms with E-state index < -0.39 is 9.84 Å². The SMILES string of the molecule is CC(C)CS(=O)(=O)c1ncc(CN(C)[C@H](C)c2ccon2)n1Cc1ccccc1. The van der Waals surface area contributed by atoms with Crippen molar-refractivity contribution in [1.29, 1.82) is 0 Å². The third-order valence-electron chi connectivity index (χ3n) is 4.87. The first-order valence-electron chi connectivity index (χ1n) is 9.69. The molecule has 0 N–H and O–H groups in total. The molecule has 8 heteroatoms. The average Bonchev–Trinajstić information content (AvgIpc) is 3.32. The predicted octanol–water partition coefficient (Wildman–Crippen LogP) is 3.54. The van der Waals surface area contributed by atoms with Gasteiger partial charge in [-0.25, -0.2) is 13.4 Å². The van der Waals surface area contributed by atoms with Crippen LogP contribution in [0.4, 0.5) is 0 Å². The van der Waals surface area contributed by atoms with E-state index in [1.165, 1.54) is 0 Å². The van der Waals surface area contributed by atoms with E-state index in [4.69, 9.17) is 4.52 Å². The molecule has 2 aromatic heterocycles. The maximum atomic E-state index is 13.0. The summed E-state index contributed by atoms with van der Waals surface area (Å²) in [6, 6.07) is 11.7. The molecule has 0 amide bonds. The van der Waals surface area contributed by atoms with E-state index >= 15 is 0 Å². The molecule has 0 spiro atoms. The van der Waals surface area contributed by atoms with Gasteiger partial charge in [-0.2, -0.15) is 0 Å². The maximum absolute atomic E-state index is 13.0. The second kappa shape index (κ2) is 8.92. The molecule has 3 aromatic rings. The summed E-state index contributed by atoms with van der Waals surface area (Å²) in [4.78, 5) is 6.42. The predicted molar refractivity (Wildman–Crippen MR) is 111 cm³/mol. The fourth-order valence-corrected chi connectivity index (χ4v) is 5.03. The highest BCUT2D eigenvalue weighted by Crippen LogP contribution is 2.22. The fourth-order valence-electron chi connectivity index (χ4n) is 3.27. The van der Waals surface area contributed by atoms with Crippen LogP contribution >= 0.6 is 0 Å². The zero-order valence-electron chi connectivity index (χ0n) is 17.3. The van der Waals surface area contributed by atoms with E-state index in [2.05, 4.69) is 15.0 Å². The molecular weight excluding hydrogens is 388 g/mol. The van der Waals surface area contributed by atoms with Gasteiger partial charge in [-0.1, -0.05) is 49.3 Å². The van der Waals surface area contributed by atoms with Gasteiger partial charge < -0.3 is 9.09 Å². The average molecular weight is 417 g/mol. The number of nitrogens with zero attached hydrogens (tertiary/aromatic N) is 4. The summed E-state index contributed by atoms with van der Waals surface area (Å²) in [5.41, 5.74) is 2.70. The van der Waals surface area contributed by atoms with Crippen LogP contribution in [0.25, 0.3) is 0 Å². The second-order valence-electron chi connectivity index (χ2n) is 7.79. The summed E-state index contributed by atoms with van der Waals surface area (Å²) in [5.74, 6) is 0.101. The zero-order valence-corrected chi connectivity index (χ0v) is 18.1. The Morgan fingerprint density at radius 3 is 2.48 bits per heavy atom. The van der Waals surface area contributed by atoms with Gasteiger partial charge in [0, 0.05) is 12.6 Å². The van der Waals surface area contributed by atoms with E-state index in [1.807, 2.05) is 68.8 Å². The molecule has 156 valence electrons. The van der Waals surface area contributed by atoms with E-state index in [1.54, 1.807) is 12.5 Å². The third kappa shape index (κ3) is 5.13. The number of sulfone groups is 1. The van der Waals surface area contributed by atoms with Gasteiger partial charge in [0.1, 0.15) is 12.0 Å². The zero-order chi connectivity index (χ0) is 21.0. The molecule has 0 saturated heterocycles. The second-order valence-corrected chi connectivity index (χ2v) is 9.72. The molecule has 1 atom stereocenters. The van der Waals surface area contributed by atoms with Gasteiger partial charge in [-0.3, -0.25) is 4.90 Å². The molecule has 0 aliphatic carbocycles. The van der Waals surface area contributed by atoms with Gasteiger partial charge in [0.2, 0.25) is 15.0 Å². The molecule has 0 saturated carbocycles. The van der Waals surface area contributed by atoms with Crippen molar-refractivity contribution >= 4 is 9.84 Å². The fraction of sp³-hybridized carbons (Fsp3) is 0.429. The van der Waals surface area contributed by atoms with Crippen LogP contribution < -0.4 is 0 Å². The lowest BCUT2D eigenvalue weighted by molar-refractivity contribution is 0.235. The Bertz CT molecular complexity index is 1010. The number of aromatic nitrogens is 3. The first-order chi connectivity index (χ1) is 13.8. The number of rotatable bonds is 9. The van der Waals surface area contributed by atoms with Crippen molar-refractivity contribution in [2.24, 2.45) is 5.92 Å². The van der Waals surface area contributed by atoms with Crippen LogP contribution in [0.2, 0.25) is 0 Å². The van der Waals surface area contributed by atoms with E-state index in [0.29, 0.717) is 13.1 Å². The normalized spacial score (nSPS) is 13.3. The standard InChI is InChI=1S/C21H28N4O3S/c1-16(2)15-29(26,27)21-22-12-19(25(21)13-18-8-6-5-7-9-18)14-24(4)17(3)20-10-11-28-23-20/h5-12,16-17H,13-15H2,1-4H3/t17-/m1/s1. The molecule has 2 heterocycles.